The third-order valence-corrected chi connectivity index (χ3v) is 4.05. The first-order valence-corrected chi connectivity index (χ1v) is 7.63. The van der Waals surface area contributed by atoms with Crippen molar-refractivity contribution in [1.82, 2.24) is 4.98 Å². The zero-order chi connectivity index (χ0) is 15.0. The van der Waals surface area contributed by atoms with Crippen molar-refractivity contribution < 1.29 is 9.53 Å². The van der Waals surface area contributed by atoms with Gasteiger partial charge in [0.15, 0.2) is 5.13 Å². The quantitative estimate of drug-likeness (QED) is 0.913. The summed E-state index contributed by atoms with van der Waals surface area (Å²) in [7, 11) is 0. The summed E-state index contributed by atoms with van der Waals surface area (Å²) in [4.78, 5) is 16.3. The number of nitrogens with one attached hydrogen (secondary N) is 1. The Balaban J connectivity index is 1.80. The number of aromatic nitrogens is 1. The molecule has 2 aromatic rings. The van der Waals surface area contributed by atoms with Crippen LogP contribution in [0.3, 0.4) is 0 Å². The van der Waals surface area contributed by atoms with Crippen LogP contribution in [-0.2, 0) is 11.2 Å². The number of nitrogens with zero attached hydrogens (tertiary/aromatic N) is 1. The number of benzene rings is 1. The first kappa shape index (κ1) is 14.0. The van der Waals surface area contributed by atoms with E-state index >= 15 is 0 Å². The fourth-order valence-corrected chi connectivity index (χ4v) is 2.78. The molecule has 1 amide bonds. The van der Waals surface area contributed by atoms with E-state index in [-0.39, 0.29) is 5.91 Å². The average molecular weight is 303 g/mol. The molecule has 110 valence electrons. The molecule has 0 saturated carbocycles. The third-order valence-electron chi connectivity index (χ3n) is 3.30. The second-order valence-electron chi connectivity index (χ2n) is 5.63. The highest BCUT2D eigenvalue weighted by Crippen LogP contribution is 2.32. The number of carbonyl (C=O) groups excluding carboxylic acids is 1. The molecule has 0 bridgehead atoms. The first-order valence-electron chi connectivity index (χ1n) is 6.75. The predicted molar refractivity (Wildman–Crippen MR) is 83.6 cm³/mol. The van der Waals surface area contributed by atoms with E-state index in [1.54, 1.807) is 13.8 Å². The molecule has 0 unspecified atom stereocenters. The number of ether oxygens (including phenoxy) is 1. The van der Waals surface area contributed by atoms with E-state index in [9.17, 15) is 4.79 Å². The van der Waals surface area contributed by atoms with Gasteiger partial charge in [-0.15, -0.1) is 11.3 Å². The van der Waals surface area contributed by atoms with Crippen LogP contribution in [0, 0.1) is 0 Å². The van der Waals surface area contributed by atoms with Crippen LogP contribution in [0.1, 0.15) is 19.4 Å². The minimum absolute atomic E-state index is 0.245. The minimum atomic E-state index is -0.920. The Labute approximate surface area is 127 Å². The average Bonchev–Trinajstić information content (AvgIpc) is 3.04. The van der Waals surface area contributed by atoms with E-state index in [0.717, 1.165) is 30.0 Å². The lowest BCUT2D eigenvalue weighted by Gasteiger charge is -2.16. The summed E-state index contributed by atoms with van der Waals surface area (Å²) in [5.41, 5.74) is 7.92. The SMILES string of the molecule is CC(C)(N)C(=O)Nc1nc(-c2ccc3c(c2)CCO3)cs1. The fourth-order valence-electron chi connectivity index (χ4n) is 2.07. The summed E-state index contributed by atoms with van der Waals surface area (Å²) in [6, 6.07) is 6.05. The van der Waals surface area contributed by atoms with Crippen LogP contribution in [0.15, 0.2) is 23.6 Å². The molecule has 0 fully saturated rings. The summed E-state index contributed by atoms with van der Waals surface area (Å²) in [5, 5.41) is 5.23. The van der Waals surface area contributed by atoms with Gasteiger partial charge in [0, 0.05) is 17.4 Å². The molecule has 3 N–H and O–H groups in total. The minimum Gasteiger partial charge on any atom is -0.493 e. The van der Waals surface area contributed by atoms with E-state index in [1.165, 1.54) is 16.9 Å². The number of rotatable bonds is 3. The molecular weight excluding hydrogens is 286 g/mol. The van der Waals surface area contributed by atoms with E-state index in [1.807, 2.05) is 17.5 Å². The van der Waals surface area contributed by atoms with Crippen molar-refractivity contribution in [2.45, 2.75) is 25.8 Å². The molecule has 1 aliphatic heterocycles. The molecule has 2 heterocycles. The lowest BCUT2D eigenvalue weighted by Crippen LogP contribution is -2.45. The van der Waals surface area contributed by atoms with Gasteiger partial charge in [-0.2, -0.15) is 0 Å². The third kappa shape index (κ3) is 2.91. The molecule has 0 spiro atoms. The number of hydrogen-bond donors (Lipinski definition) is 2. The maximum Gasteiger partial charge on any atom is 0.245 e. The van der Waals surface area contributed by atoms with Gasteiger partial charge in [-0.25, -0.2) is 4.98 Å². The topological polar surface area (TPSA) is 77.2 Å². The molecule has 5 nitrogen and oxygen atoms in total. The summed E-state index contributed by atoms with van der Waals surface area (Å²) >= 11 is 1.39. The summed E-state index contributed by atoms with van der Waals surface area (Å²) in [6.07, 6.45) is 0.929. The molecule has 6 heteroatoms. The van der Waals surface area contributed by atoms with Crippen molar-refractivity contribution in [1.29, 1.82) is 0 Å². The van der Waals surface area contributed by atoms with Crippen LogP contribution in [0.4, 0.5) is 5.13 Å². The van der Waals surface area contributed by atoms with Crippen LogP contribution in [-0.4, -0.2) is 23.0 Å². The summed E-state index contributed by atoms with van der Waals surface area (Å²) in [6.45, 7) is 4.07. The van der Waals surface area contributed by atoms with Crippen LogP contribution in [0.25, 0.3) is 11.3 Å². The predicted octanol–water partition coefficient (Wildman–Crippen LogP) is 2.42. The molecule has 1 aromatic heterocycles. The van der Waals surface area contributed by atoms with Gasteiger partial charge in [0.2, 0.25) is 5.91 Å². The number of carbonyl (C=O) groups is 1. The van der Waals surface area contributed by atoms with Crippen LogP contribution in [0.5, 0.6) is 5.75 Å². The van der Waals surface area contributed by atoms with Gasteiger partial charge in [-0.05, 0) is 37.6 Å². The maximum atomic E-state index is 11.8. The normalized spacial score (nSPS) is 13.7. The van der Waals surface area contributed by atoms with Crippen molar-refractivity contribution in [3.05, 3.63) is 29.1 Å². The Hall–Kier alpha value is -1.92. The Morgan fingerprint density at radius 2 is 2.29 bits per heavy atom. The second-order valence-corrected chi connectivity index (χ2v) is 6.49. The van der Waals surface area contributed by atoms with Crippen molar-refractivity contribution in [2.24, 2.45) is 5.73 Å². The van der Waals surface area contributed by atoms with Crippen molar-refractivity contribution in [3.63, 3.8) is 0 Å². The highest BCUT2D eigenvalue weighted by molar-refractivity contribution is 7.14. The summed E-state index contributed by atoms with van der Waals surface area (Å²) in [5.74, 6) is 0.707. The lowest BCUT2D eigenvalue weighted by atomic mass is 10.1. The Kier molecular flexibility index (Phi) is 3.43. The standard InChI is InChI=1S/C15H17N3O2S/c1-15(2,16)13(19)18-14-17-11(8-21-14)9-3-4-12-10(7-9)5-6-20-12/h3-4,7-8H,5-6,16H2,1-2H3,(H,17,18,19). The molecule has 3 rings (SSSR count). The molecular formula is C15H17N3O2S. The molecule has 0 radical (unpaired) electrons. The molecule has 0 aliphatic carbocycles. The number of thiazole rings is 1. The monoisotopic (exact) mass is 303 g/mol. The van der Waals surface area contributed by atoms with Crippen molar-refractivity contribution in [3.8, 4) is 17.0 Å². The largest absolute Gasteiger partial charge is 0.493 e. The molecule has 1 aliphatic rings. The first-order chi connectivity index (χ1) is 9.93. The lowest BCUT2D eigenvalue weighted by molar-refractivity contribution is -0.120. The van der Waals surface area contributed by atoms with E-state index in [2.05, 4.69) is 16.4 Å². The van der Waals surface area contributed by atoms with Gasteiger partial charge >= 0.3 is 0 Å². The number of nitrogens with two attached hydrogens (primary N) is 1. The highest BCUT2D eigenvalue weighted by Gasteiger charge is 2.23. The van der Waals surface area contributed by atoms with Crippen LogP contribution in [0.2, 0.25) is 0 Å². The van der Waals surface area contributed by atoms with Gasteiger partial charge in [-0.3, -0.25) is 4.79 Å². The van der Waals surface area contributed by atoms with Crippen molar-refractivity contribution in [2.75, 3.05) is 11.9 Å². The van der Waals surface area contributed by atoms with Crippen LogP contribution >= 0.6 is 11.3 Å². The number of fused-ring (bicyclic) bond motifs is 1. The number of anilines is 1. The second kappa shape index (κ2) is 5.13. The Bertz CT molecular complexity index is 688. The highest BCUT2D eigenvalue weighted by atomic mass is 32.1. The van der Waals surface area contributed by atoms with E-state index in [4.69, 9.17) is 10.5 Å². The van der Waals surface area contributed by atoms with Crippen molar-refractivity contribution >= 4 is 22.4 Å². The van der Waals surface area contributed by atoms with Gasteiger partial charge in [0.1, 0.15) is 5.75 Å². The van der Waals surface area contributed by atoms with Crippen LogP contribution < -0.4 is 15.8 Å². The van der Waals surface area contributed by atoms with E-state index < -0.39 is 5.54 Å². The molecule has 21 heavy (non-hydrogen) atoms. The molecule has 1 aromatic carbocycles. The van der Waals surface area contributed by atoms with Gasteiger partial charge in [0.05, 0.1) is 17.8 Å². The molecule has 0 atom stereocenters. The zero-order valence-electron chi connectivity index (χ0n) is 12.0. The fraction of sp³-hybridized carbons (Fsp3) is 0.333. The zero-order valence-corrected chi connectivity index (χ0v) is 12.8. The van der Waals surface area contributed by atoms with Gasteiger partial charge in [-0.1, -0.05) is 0 Å². The van der Waals surface area contributed by atoms with E-state index in [0.29, 0.717) is 5.13 Å². The summed E-state index contributed by atoms with van der Waals surface area (Å²) < 4.78 is 5.50. The maximum absolute atomic E-state index is 11.8. The Morgan fingerprint density at radius 3 is 3.05 bits per heavy atom. The van der Waals surface area contributed by atoms with Gasteiger partial charge < -0.3 is 15.8 Å². The van der Waals surface area contributed by atoms with Gasteiger partial charge in [0.25, 0.3) is 0 Å². The molecule has 0 saturated heterocycles. The number of amides is 1. The Morgan fingerprint density at radius 1 is 1.48 bits per heavy atom. The smallest absolute Gasteiger partial charge is 0.245 e. The number of hydrogen-bond acceptors (Lipinski definition) is 5.